The molecular weight excluding hydrogens is 150 g/mol. The van der Waals surface area contributed by atoms with Gasteiger partial charge in [-0.25, -0.2) is 4.57 Å². The molecule has 2 nitrogen and oxygen atoms in total. The quantitative estimate of drug-likeness (QED) is 0.565. The highest BCUT2D eigenvalue weighted by atomic mass is 16.3. The van der Waals surface area contributed by atoms with Crippen LogP contribution in [0, 0.1) is 0 Å². The van der Waals surface area contributed by atoms with Crippen molar-refractivity contribution in [3.63, 3.8) is 0 Å². The highest BCUT2D eigenvalue weighted by Gasteiger charge is 2.19. The maximum Gasteiger partial charge on any atom is 0.172 e. The number of pyridine rings is 1. The average Bonchev–Trinajstić information content (AvgIpc) is 2.04. The van der Waals surface area contributed by atoms with Crippen molar-refractivity contribution in [1.82, 2.24) is 0 Å². The Morgan fingerprint density at radius 3 is 3.25 bits per heavy atom. The summed E-state index contributed by atoms with van der Waals surface area (Å²) < 4.78 is 2.04. The van der Waals surface area contributed by atoms with Crippen molar-refractivity contribution in [3.8, 4) is 0 Å². The molecule has 0 bridgehead atoms. The highest BCUT2D eigenvalue weighted by molar-refractivity contribution is 5.25. The lowest BCUT2D eigenvalue weighted by atomic mass is 9.91. The van der Waals surface area contributed by atoms with E-state index in [4.69, 9.17) is 0 Å². The summed E-state index contributed by atoms with van der Waals surface area (Å²) in [5, 5.41) is 9.64. The van der Waals surface area contributed by atoms with E-state index < -0.39 is 0 Å². The van der Waals surface area contributed by atoms with Gasteiger partial charge in [0.2, 0.25) is 0 Å². The van der Waals surface area contributed by atoms with Crippen molar-refractivity contribution in [1.29, 1.82) is 0 Å². The van der Waals surface area contributed by atoms with Crippen molar-refractivity contribution in [3.05, 3.63) is 29.6 Å². The van der Waals surface area contributed by atoms with Crippen LogP contribution in [0.25, 0.3) is 0 Å². The number of rotatable bonds is 0. The number of hydrogen-bond donors (Lipinski definition) is 1. The molecular formula is C10H14NO+. The summed E-state index contributed by atoms with van der Waals surface area (Å²) >= 11 is 0. The van der Waals surface area contributed by atoms with Gasteiger partial charge in [0.1, 0.15) is 7.05 Å². The van der Waals surface area contributed by atoms with E-state index in [2.05, 4.69) is 6.20 Å². The fourth-order valence-corrected chi connectivity index (χ4v) is 1.84. The summed E-state index contributed by atoms with van der Waals surface area (Å²) in [4.78, 5) is 0. The predicted octanol–water partition coefficient (Wildman–Crippen LogP) is 0.881. The topological polar surface area (TPSA) is 24.1 Å². The molecule has 2 heteroatoms. The maximum absolute atomic E-state index is 9.64. The van der Waals surface area contributed by atoms with E-state index in [0.717, 1.165) is 24.8 Å². The van der Waals surface area contributed by atoms with Crippen LogP contribution in [-0.2, 0) is 13.5 Å². The number of aliphatic hydroxyl groups is 1. The van der Waals surface area contributed by atoms with Crippen molar-refractivity contribution in [2.45, 2.75) is 25.4 Å². The average molecular weight is 164 g/mol. The zero-order valence-corrected chi connectivity index (χ0v) is 7.33. The molecule has 0 spiro atoms. The monoisotopic (exact) mass is 164 g/mol. The van der Waals surface area contributed by atoms with Crippen LogP contribution in [0.2, 0.25) is 0 Å². The van der Waals surface area contributed by atoms with Gasteiger partial charge >= 0.3 is 0 Å². The van der Waals surface area contributed by atoms with Gasteiger partial charge < -0.3 is 5.11 Å². The summed E-state index contributed by atoms with van der Waals surface area (Å²) in [5.41, 5.74) is 2.43. The van der Waals surface area contributed by atoms with Crippen LogP contribution in [0.4, 0.5) is 0 Å². The molecule has 0 saturated carbocycles. The largest absolute Gasteiger partial charge is 0.388 e. The van der Waals surface area contributed by atoms with Crippen LogP contribution in [0.15, 0.2) is 18.5 Å². The fraction of sp³-hybridized carbons (Fsp3) is 0.500. The van der Waals surface area contributed by atoms with Crippen LogP contribution in [0.1, 0.15) is 30.1 Å². The molecule has 1 aliphatic rings. The Balaban J connectivity index is 2.46. The lowest BCUT2D eigenvalue weighted by molar-refractivity contribution is -0.672. The summed E-state index contributed by atoms with van der Waals surface area (Å²) in [6.07, 6.45) is 7.01. The van der Waals surface area contributed by atoms with Gasteiger partial charge in [0.25, 0.3) is 0 Å². The molecule has 1 aromatic rings. The van der Waals surface area contributed by atoms with Crippen LogP contribution in [-0.4, -0.2) is 5.11 Å². The molecule has 1 aliphatic carbocycles. The molecule has 64 valence electrons. The van der Waals surface area contributed by atoms with E-state index in [9.17, 15) is 5.11 Å². The number of nitrogens with zero attached hydrogens (tertiary/aromatic N) is 1. The molecule has 12 heavy (non-hydrogen) atoms. The first kappa shape index (κ1) is 7.74. The second kappa shape index (κ2) is 2.87. The second-order valence-electron chi connectivity index (χ2n) is 3.50. The lowest BCUT2D eigenvalue weighted by Crippen LogP contribution is -2.29. The van der Waals surface area contributed by atoms with E-state index in [1.807, 2.05) is 23.9 Å². The summed E-state index contributed by atoms with van der Waals surface area (Å²) in [6, 6.07) is 2.03. The Bertz CT molecular complexity index is 296. The SMILES string of the molecule is C[n+]1ccc2c(c1)CCCC2O. The van der Waals surface area contributed by atoms with Crippen molar-refractivity contribution >= 4 is 0 Å². The van der Waals surface area contributed by atoms with Crippen LogP contribution in [0.3, 0.4) is 0 Å². The Morgan fingerprint density at radius 1 is 1.58 bits per heavy atom. The van der Waals surface area contributed by atoms with Gasteiger partial charge in [-0.2, -0.15) is 0 Å². The fourth-order valence-electron chi connectivity index (χ4n) is 1.84. The number of aliphatic hydroxyl groups excluding tert-OH is 1. The Labute approximate surface area is 72.5 Å². The molecule has 1 aromatic heterocycles. The first-order valence-corrected chi connectivity index (χ1v) is 4.43. The molecule has 0 aromatic carbocycles. The summed E-state index contributed by atoms with van der Waals surface area (Å²) in [7, 11) is 2.02. The number of aryl methyl sites for hydroxylation is 2. The van der Waals surface area contributed by atoms with Gasteiger partial charge in [0, 0.05) is 11.6 Å². The minimum atomic E-state index is -0.227. The predicted molar refractivity (Wildman–Crippen MR) is 45.5 cm³/mol. The van der Waals surface area contributed by atoms with Gasteiger partial charge in [0.15, 0.2) is 12.4 Å². The molecule has 0 aliphatic heterocycles. The molecule has 1 atom stereocenters. The van der Waals surface area contributed by atoms with E-state index in [0.29, 0.717) is 0 Å². The molecule has 0 radical (unpaired) electrons. The molecule has 0 saturated heterocycles. The van der Waals surface area contributed by atoms with Gasteiger partial charge in [-0.1, -0.05) is 0 Å². The number of hydrogen-bond acceptors (Lipinski definition) is 1. The van der Waals surface area contributed by atoms with Crippen molar-refractivity contribution < 1.29 is 9.67 Å². The van der Waals surface area contributed by atoms with Crippen LogP contribution >= 0.6 is 0 Å². The Kier molecular flexibility index (Phi) is 1.85. The second-order valence-corrected chi connectivity index (χ2v) is 3.50. The zero-order chi connectivity index (χ0) is 8.55. The molecule has 1 N–H and O–H groups in total. The smallest absolute Gasteiger partial charge is 0.172 e. The lowest BCUT2D eigenvalue weighted by Gasteiger charge is -2.18. The van der Waals surface area contributed by atoms with Crippen LogP contribution in [0.5, 0.6) is 0 Å². The van der Waals surface area contributed by atoms with Crippen molar-refractivity contribution in [2.75, 3.05) is 0 Å². The van der Waals surface area contributed by atoms with E-state index >= 15 is 0 Å². The van der Waals surface area contributed by atoms with Crippen molar-refractivity contribution in [2.24, 2.45) is 7.05 Å². The normalized spacial score (nSPS) is 22.0. The summed E-state index contributed by atoms with van der Waals surface area (Å²) in [5.74, 6) is 0. The maximum atomic E-state index is 9.64. The highest BCUT2D eigenvalue weighted by Crippen LogP contribution is 2.27. The van der Waals surface area contributed by atoms with E-state index in [1.54, 1.807) is 0 Å². The molecule has 1 heterocycles. The van der Waals surface area contributed by atoms with Gasteiger partial charge in [-0.05, 0) is 24.8 Å². The molecule has 0 fully saturated rings. The summed E-state index contributed by atoms with van der Waals surface area (Å²) in [6.45, 7) is 0. The van der Waals surface area contributed by atoms with Gasteiger partial charge in [-0.3, -0.25) is 0 Å². The molecule has 0 amide bonds. The molecule has 2 rings (SSSR count). The van der Waals surface area contributed by atoms with Gasteiger partial charge in [-0.15, -0.1) is 0 Å². The minimum absolute atomic E-state index is 0.227. The third kappa shape index (κ3) is 1.23. The first-order chi connectivity index (χ1) is 5.77. The standard InChI is InChI=1S/C10H14NO/c1-11-6-5-9-8(7-11)3-2-4-10(9)12/h5-7,10,12H,2-4H2,1H3/q+1. The van der Waals surface area contributed by atoms with Gasteiger partial charge in [0.05, 0.1) is 6.10 Å². The minimum Gasteiger partial charge on any atom is -0.388 e. The van der Waals surface area contributed by atoms with E-state index in [1.165, 1.54) is 5.56 Å². The molecule has 1 unspecified atom stereocenters. The first-order valence-electron chi connectivity index (χ1n) is 4.43. The van der Waals surface area contributed by atoms with Crippen LogP contribution < -0.4 is 4.57 Å². The number of fused-ring (bicyclic) bond motifs is 1. The Hall–Kier alpha value is -0.890. The third-order valence-electron chi connectivity index (χ3n) is 2.50. The Morgan fingerprint density at radius 2 is 2.42 bits per heavy atom. The third-order valence-corrected chi connectivity index (χ3v) is 2.50. The number of aromatic nitrogens is 1. The van der Waals surface area contributed by atoms with E-state index in [-0.39, 0.29) is 6.10 Å². The zero-order valence-electron chi connectivity index (χ0n) is 7.33.